The summed E-state index contributed by atoms with van der Waals surface area (Å²) in [6, 6.07) is 18.0. The first-order chi connectivity index (χ1) is 10.2. The van der Waals surface area contributed by atoms with Crippen LogP contribution in [0.2, 0.25) is 0 Å². The maximum atomic E-state index is 11.6. The number of rotatable bonds is 7. The number of carbonyl (C=O) groups excluding carboxylic acids is 1. The monoisotopic (exact) mass is 301 g/mol. The van der Waals surface area contributed by atoms with Gasteiger partial charge in [0.1, 0.15) is 0 Å². The van der Waals surface area contributed by atoms with Crippen LogP contribution >= 0.6 is 11.8 Å². The molecule has 1 N–H and O–H groups in total. The Labute approximate surface area is 129 Å². The number of hydrogen-bond donors (Lipinski definition) is 1. The average molecular weight is 301 g/mol. The van der Waals surface area contributed by atoms with Crippen molar-refractivity contribution < 1.29 is 9.63 Å². The molecule has 2 rings (SSSR count). The molecule has 2 aromatic rings. The fraction of sp³-hybridized carbons (Fsp3) is 0.235. The summed E-state index contributed by atoms with van der Waals surface area (Å²) in [4.78, 5) is 18.0. The van der Waals surface area contributed by atoms with Gasteiger partial charge in [0, 0.05) is 17.1 Å². The highest BCUT2D eigenvalue weighted by Crippen LogP contribution is 2.18. The van der Waals surface area contributed by atoms with Gasteiger partial charge < -0.3 is 0 Å². The molecule has 2 aromatic carbocycles. The summed E-state index contributed by atoms with van der Waals surface area (Å²) < 4.78 is 0. The lowest BCUT2D eigenvalue weighted by Crippen LogP contribution is -2.23. The Morgan fingerprint density at radius 3 is 2.52 bits per heavy atom. The molecule has 0 heterocycles. The molecule has 0 bridgehead atoms. The lowest BCUT2D eigenvalue weighted by atomic mass is 10.2. The first-order valence-electron chi connectivity index (χ1n) is 6.88. The quantitative estimate of drug-likeness (QED) is 0.625. The molecule has 0 unspecified atom stereocenters. The van der Waals surface area contributed by atoms with Crippen LogP contribution in [-0.4, -0.2) is 11.7 Å². The van der Waals surface area contributed by atoms with Crippen molar-refractivity contribution in [3.8, 4) is 0 Å². The highest BCUT2D eigenvalue weighted by molar-refractivity contribution is 7.99. The number of hydrogen-bond acceptors (Lipinski definition) is 3. The van der Waals surface area contributed by atoms with Crippen LogP contribution in [0.3, 0.4) is 0 Å². The Kier molecular flexibility index (Phi) is 6.31. The summed E-state index contributed by atoms with van der Waals surface area (Å²) in [5.74, 6) is 0.648. The largest absolute Gasteiger partial charge is 0.273 e. The number of benzene rings is 2. The molecule has 3 nitrogen and oxygen atoms in total. The number of aryl methyl sites for hydroxylation is 1. The van der Waals surface area contributed by atoms with E-state index in [0.29, 0.717) is 13.0 Å². The molecule has 0 spiro atoms. The second-order valence-corrected chi connectivity index (χ2v) is 5.88. The van der Waals surface area contributed by atoms with Crippen molar-refractivity contribution in [2.45, 2.75) is 24.8 Å². The molecule has 0 saturated heterocycles. The number of thioether (sulfide) groups is 1. The SMILES string of the molecule is Cc1ccc(SCCC(=O)NOCc2ccccc2)cc1. The van der Waals surface area contributed by atoms with Crippen LogP contribution in [0.1, 0.15) is 17.5 Å². The number of carbonyl (C=O) groups is 1. The van der Waals surface area contributed by atoms with Crippen LogP contribution in [0, 0.1) is 6.92 Å². The van der Waals surface area contributed by atoms with Crippen molar-refractivity contribution in [2.75, 3.05) is 5.75 Å². The van der Waals surface area contributed by atoms with Crippen LogP contribution < -0.4 is 5.48 Å². The van der Waals surface area contributed by atoms with E-state index in [4.69, 9.17) is 4.84 Å². The number of nitrogens with one attached hydrogen (secondary N) is 1. The third-order valence-corrected chi connectivity index (χ3v) is 3.90. The van der Waals surface area contributed by atoms with E-state index >= 15 is 0 Å². The summed E-state index contributed by atoms with van der Waals surface area (Å²) in [5.41, 5.74) is 4.75. The van der Waals surface area contributed by atoms with Crippen molar-refractivity contribution in [1.82, 2.24) is 5.48 Å². The van der Waals surface area contributed by atoms with Crippen molar-refractivity contribution in [3.05, 3.63) is 65.7 Å². The molecular formula is C17H19NO2S. The first-order valence-corrected chi connectivity index (χ1v) is 7.86. The van der Waals surface area contributed by atoms with Gasteiger partial charge in [-0.05, 0) is 24.6 Å². The minimum atomic E-state index is -0.0921. The van der Waals surface area contributed by atoms with Crippen LogP contribution in [-0.2, 0) is 16.2 Å². The molecule has 1 amide bonds. The van der Waals surface area contributed by atoms with E-state index in [9.17, 15) is 4.79 Å². The van der Waals surface area contributed by atoms with Gasteiger partial charge in [-0.25, -0.2) is 5.48 Å². The van der Waals surface area contributed by atoms with Crippen molar-refractivity contribution in [3.63, 3.8) is 0 Å². The van der Waals surface area contributed by atoms with E-state index in [2.05, 4.69) is 36.7 Å². The maximum Gasteiger partial charge on any atom is 0.244 e. The smallest absolute Gasteiger partial charge is 0.244 e. The van der Waals surface area contributed by atoms with E-state index in [1.54, 1.807) is 11.8 Å². The van der Waals surface area contributed by atoms with Crippen molar-refractivity contribution in [1.29, 1.82) is 0 Å². The maximum absolute atomic E-state index is 11.6. The molecule has 0 aliphatic rings. The minimum absolute atomic E-state index is 0.0921. The van der Waals surface area contributed by atoms with Gasteiger partial charge in [0.05, 0.1) is 6.61 Å². The molecule has 21 heavy (non-hydrogen) atoms. The lowest BCUT2D eigenvalue weighted by Gasteiger charge is -2.06. The fourth-order valence-electron chi connectivity index (χ4n) is 1.72. The topological polar surface area (TPSA) is 38.3 Å². The average Bonchev–Trinajstić information content (AvgIpc) is 2.50. The zero-order chi connectivity index (χ0) is 14.9. The second kappa shape index (κ2) is 8.49. The van der Waals surface area contributed by atoms with Crippen LogP contribution in [0.4, 0.5) is 0 Å². The third kappa shape index (κ3) is 6.02. The fourth-order valence-corrected chi connectivity index (χ4v) is 2.57. The van der Waals surface area contributed by atoms with Crippen LogP contribution in [0.25, 0.3) is 0 Å². The molecule has 0 aromatic heterocycles. The summed E-state index contributed by atoms with van der Waals surface area (Å²) in [7, 11) is 0. The van der Waals surface area contributed by atoms with E-state index < -0.39 is 0 Å². The van der Waals surface area contributed by atoms with E-state index in [1.165, 1.54) is 10.5 Å². The summed E-state index contributed by atoms with van der Waals surface area (Å²) in [5, 5.41) is 0. The number of hydroxylamine groups is 1. The Hall–Kier alpha value is -1.78. The van der Waals surface area contributed by atoms with Crippen LogP contribution in [0.15, 0.2) is 59.5 Å². The summed E-state index contributed by atoms with van der Waals surface area (Å²) in [6.07, 6.45) is 0.438. The Bertz CT molecular complexity index is 555. The summed E-state index contributed by atoms with van der Waals surface area (Å²) >= 11 is 1.67. The highest BCUT2D eigenvalue weighted by atomic mass is 32.2. The van der Waals surface area contributed by atoms with Gasteiger partial charge in [-0.3, -0.25) is 9.63 Å². The van der Waals surface area contributed by atoms with Crippen molar-refractivity contribution >= 4 is 17.7 Å². The zero-order valence-corrected chi connectivity index (χ0v) is 12.9. The van der Waals surface area contributed by atoms with E-state index in [-0.39, 0.29) is 5.91 Å². The van der Waals surface area contributed by atoms with Gasteiger partial charge in [-0.1, -0.05) is 48.0 Å². The molecule has 0 fully saturated rings. The Balaban J connectivity index is 1.60. The van der Waals surface area contributed by atoms with E-state index in [1.807, 2.05) is 30.3 Å². The van der Waals surface area contributed by atoms with Crippen LogP contribution in [0.5, 0.6) is 0 Å². The van der Waals surface area contributed by atoms with Gasteiger partial charge in [0.2, 0.25) is 5.91 Å². The minimum Gasteiger partial charge on any atom is -0.273 e. The Morgan fingerprint density at radius 1 is 1.10 bits per heavy atom. The molecular weight excluding hydrogens is 282 g/mol. The standard InChI is InChI=1S/C17H19NO2S/c1-14-7-9-16(10-8-14)21-12-11-17(19)18-20-13-15-5-3-2-4-6-15/h2-10H,11-13H2,1H3,(H,18,19). The van der Waals surface area contributed by atoms with Gasteiger partial charge in [0.25, 0.3) is 0 Å². The highest BCUT2D eigenvalue weighted by Gasteiger charge is 2.02. The first kappa shape index (κ1) is 15.6. The van der Waals surface area contributed by atoms with Gasteiger partial charge in [-0.15, -0.1) is 11.8 Å². The van der Waals surface area contributed by atoms with Gasteiger partial charge in [-0.2, -0.15) is 0 Å². The molecule has 0 saturated carbocycles. The van der Waals surface area contributed by atoms with Crippen molar-refractivity contribution in [2.24, 2.45) is 0 Å². The molecule has 0 aliphatic heterocycles. The molecule has 0 radical (unpaired) electrons. The lowest BCUT2D eigenvalue weighted by molar-refractivity contribution is -0.134. The molecule has 4 heteroatoms. The number of amides is 1. The van der Waals surface area contributed by atoms with Gasteiger partial charge >= 0.3 is 0 Å². The predicted molar refractivity (Wildman–Crippen MR) is 85.9 cm³/mol. The van der Waals surface area contributed by atoms with Gasteiger partial charge in [0.15, 0.2) is 0 Å². The molecule has 0 atom stereocenters. The van der Waals surface area contributed by atoms with E-state index in [0.717, 1.165) is 11.3 Å². The zero-order valence-electron chi connectivity index (χ0n) is 12.0. The predicted octanol–water partition coefficient (Wildman–Crippen LogP) is 3.73. The molecule has 110 valence electrons. The second-order valence-electron chi connectivity index (χ2n) is 4.71. The Morgan fingerprint density at radius 2 is 1.81 bits per heavy atom. The third-order valence-electron chi connectivity index (χ3n) is 2.89. The summed E-state index contributed by atoms with van der Waals surface area (Å²) in [6.45, 7) is 2.45. The normalized spacial score (nSPS) is 10.3. The molecule has 0 aliphatic carbocycles.